The highest BCUT2D eigenvalue weighted by atomic mass is 32.2. The van der Waals surface area contributed by atoms with Crippen LogP contribution in [-0.2, 0) is 21.2 Å². The summed E-state index contributed by atoms with van der Waals surface area (Å²) in [5, 5.41) is 0. The van der Waals surface area contributed by atoms with Gasteiger partial charge in [0.2, 0.25) is 10.0 Å². The van der Waals surface area contributed by atoms with Crippen molar-refractivity contribution in [1.29, 1.82) is 0 Å². The number of nitrogens with one attached hydrogen (secondary N) is 1. The van der Waals surface area contributed by atoms with E-state index >= 15 is 0 Å². The fraction of sp³-hybridized carbons (Fsp3) is 0.667. The minimum absolute atomic E-state index is 0.183. The van der Waals surface area contributed by atoms with E-state index in [1.165, 1.54) is 5.56 Å². The molecule has 1 heterocycles. The molecule has 0 radical (unpaired) electrons. The molecule has 1 aliphatic heterocycles. The van der Waals surface area contributed by atoms with E-state index in [-0.39, 0.29) is 6.04 Å². The van der Waals surface area contributed by atoms with Crippen molar-refractivity contribution in [3.63, 3.8) is 0 Å². The van der Waals surface area contributed by atoms with E-state index in [2.05, 4.69) is 30.4 Å². The number of hydrogen-bond acceptors (Lipinski definition) is 4. The van der Waals surface area contributed by atoms with Gasteiger partial charge in [0.25, 0.3) is 0 Å². The highest BCUT2D eigenvalue weighted by molar-refractivity contribution is 7.89. The number of morpholine rings is 1. The summed E-state index contributed by atoms with van der Waals surface area (Å²) in [7, 11) is -3.47. The van der Waals surface area contributed by atoms with Crippen LogP contribution in [0.2, 0.25) is 0 Å². The summed E-state index contributed by atoms with van der Waals surface area (Å²) in [5.74, 6) is 0.373. The average Bonchev–Trinajstić information content (AvgIpc) is 2.56. The molecule has 136 valence electrons. The normalized spacial score (nSPS) is 18.0. The second-order valence-corrected chi connectivity index (χ2v) is 8.47. The molecule has 0 spiro atoms. The molecule has 1 saturated heterocycles. The van der Waals surface area contributed by atoms with Gasteiger partial charge in [0, 0.05) is 25.7 Å². The van der Waals surface area contributed by atoms with Crippen LogP contribution in [0, 0.1) is 5.92 Å². The van der Waals surface area contributed by atoms with E-state index in [9.17, 15) is 8.42 Å². The number of benzene rings is 1. The van der Waals surface area contributed by atoms with Crippen LogP contribution in [0.15, 0.2) is 29.2 Å². The Morgan fingerprint density at radius 1 is 1.17 bits per heavy atom. The SMILES string of the molecule is CCCc1ccc(S(=O)(=O)NCC(C(C)C)N2CCOCC2)cc1. The average molecular weight is 355 g/mol. The van der Waals surface area contributed by atoms with Crippen molar-refractivity contribution < 1.29 is 13.2 Å². The van der Waals surface area contributed by atoms with Gasteiger partial charge < -0.3 is 4.74 Å². The second kappa shape index (κ2) is 8.94. The molecule has 0 aliphatic carbocycles. The lowest BCUT2D eigenvalue weighted by molar-refractivity contribution is 0.00776. The molecule has 1 N–H and O–H groups in total. The van der Waals surface area contributed by atoms with Crippen LogP contribution in [-0.4, -0.2) is 52.2 Å². The van der Waals surface area contributed by atoms with Crippen molar-refractivity contribution in [2.24, 2.45) is 5.92 Å². The summed E-state index contributed by atoms with van der Waals surface area (Å²) >= 11 is 0. The van der Waals surface area contributed by atoms with Crippen molar-refractivity contribution in [3.8, 4) is 0 Å². The number of hydrogen-bond donors (Lipinski definition) is 1. The Balaban J connectivity index is 2.01. The fourth-order valence-electron chi connectivity index (χ4n) is 3.10. The molecule has 1 fully saturated rings. The zero-order valence-electron chi connectivity index (χ0n) is 15.0. The van der Waals surface area contributed by atoms with Crippen molar-refractivity contribution in [2.75, 3.05) is 32.8 Å². The van der Waals surface area contributed by atoms with Gasteiger partial charge in [0.1, 0.15) is 0 Å². The van der Waals surface area contributed by atoms with Gasteiger partial charge in [-0.3, -0.25) is 4.90 Å². The van der Waals surface area contributed by atoms with Crippen molar-refractivity contribution >= 4 is 10.0 Å². The molecule has 1 unspecified atom stereocenters. The maximum Gasteiger partial charge on any atom is 0.240 e. The van der Waals surface area contributed by atoms with Crippen LogP contribution >= 0.6 is 0 Å². The summed E-state index contributed by atoms with van der Waals surface area (Å²) in [6.07, 6.45) is 2.03. The summed E-state index contributed by atoms with van der Waals surface area (Å²) in [5.41, 5.74) is 1.17. The predicted octanol–water partition coefficient (Wildman–Crippen LogP) is 2.27. The molecule has 0 amide bonds. The van der Waals surface area contributed by atoms with Gasteiger partial charge in [-0.2, -0.15) is 0 Å². The van der Waals surface area contributed by atoms with Gasteiger partial charge in [-0.1, -0.05) is 39.3 Å². The van der Waals surface area contributed by atoms with Crippen LogP contribution in [0.4, 0.5) is 0 Å². The number of ether oxygens (including phenoxy) is 1. The lowest BCUT2D eigenvalue weighted by Crippen LogP contribution is -2.51. The van der Waals surface area contributed by atoms with E-state index in [4.69, 9.17) is 4.74 Å². The molecule has 6 heteroatoms. The molecule has 0 saturated carbocycles. The number of nitrogens with zero attached hydrogens (tertiary/aromatic N) is 1. The summed E-state index contributed by atoms with van der Waals surface area (Å²) in [6.45, 7) is 9.96. The van der Waals surface area contributed by atoms with E-state index in [1.54, 1.807) is 12.1 Å². The number of sulfonamides is 1. The standard InChI is InChI=1S/C18H30N2O3S/c1-4-5-16-6-8-17(9-7-16)24(21,22)19-14-18(15(2)3)20-10-12-23-13-11-20/h6-9,15,18-19H,4-5,10-14H2,1-3H3. The van der Waals surface area contributed by atoms with Gasteiger partial charge in [0.05, 0.1) is 18.1 Å². The summed E-state index contributed by atoms with van der Waals surface area (Å²) in [6, 6.07) is 7.39. The Morgan fingerprint density at radius 2 is 1.79 bits per heavy atom. The first-order valence-corrected chi connectivity index (χ1v) is 10.3. The molecule has 0 bridgehead atoms. The molecule has 2 rings (SSSR count). The maximum absolute atomic E-state index is 12.6. The molecule has 1 aromatic rings. The van der Waals surface area contributed by atoms with Gasteiger partial charge in [-0.15, -0.1) is 0 Å². The molecule has 1 atom stereocenters. The van der Waals surface area contributed by atoms with Gasteiger partial charge in [-0.05, 0) is 30.0 Å². The first-order chi connectivity index (χ1) is 11.4. The molecule has 1 aromatic carbocycles. The lowest BCUT2D eigenvalue weighted by Gasteiger charge is -2.36. The molecule has 1 aliphatic rings. The topological polar surface area (TPSA) is 58.6 Å². The lowest BCUT2D eigenvalue weighted by atomic mass is 10.0. The van der Waals surface area contributed by atoms with Crippen LogP contribution in [0.3, 0.4) is 0 Å². The Morgan fingerprint density at radius 3 is 2.33 bits per heavy atom. The van der Waals surface area contributed by atoms with Gasteiger partial charge in [-0.25, -0.2) is 13.1 Å². The van der Waals surface area contributed by atoms with E-state index in [1.807, 2.05) is 12.1 Å². The maximum atomic E-state index is 12.6. The van der Waals surface area contributed by atoms with Crippen LogP contribution < -0.4 is 4.72 Å². The Kier molecular flexibility index (Phi) is 7.22. The third-order valence-corrected chi connectivity index (χ3v) is 5.98. The molecular weight excluding hydrogens is 324 g/mol. The predicted molar refractivity (Wildman–Crippen MR) is 96.6 cm³/mol. The van der Waals surface area contributed by atoms with E-state index in [0.29, 0.717) is 17.4 Å². The number of rotatable bonds is 8. The van der Waals surface area contributed by atoms with E-state index < -0.39 is 10.0 Å². The smallest absolute Gasteiger partial charge is 0.240 e. The first-order valence-electron chi connectivity index (χ1n) is 8.84. The van der Waals surface area contributed by atoms with Gasteiger partial charge >= 0.3 is 0 Å². The third-order valence-electron chi connectivity index (χ3n) is 4.54. The van der Waals surface area contributed by atoms with Crippen molar-refractivity contribution in [1.82, 2.24) is 9.62 Å². The highest BCUT2D eigenvalue weighted by Gasteiger charge is 2.25. The zero-order chi connectivity index (χ0) is 17.6. The zero-order valence-corrected chi connectivity index (χ0v) is 15.8. The van der Waals surface area contributed by atoms with Crippen LogP contribution in [0.1, 0.15) is 32.8 Å². The second-order valence-electron chi connectivity index (χ2n) is 6.71. The summed E-state index contributed by atoms with van der Waals surface area (Å²) < 4.78 is 33.3. The largest absolute Gasteiger partial charge is 0.379 e. The Bertz CT molecular complexity index is 593. The first kappa shape index (κ1) is 19.4. The monoisotopic (exact) mass is 354 g/mol. The van der Waals surface area contributed by atoms with Gasteiger partial charge in [0.15, 0.2) is 0 Å². The fourth-order valence-corrected chi connectivity index (χ4v) is 4.15. The number of aryl methyl sites for hydroxylation is 1. The minimum atomic E-state index is -3.47. The third kappa shape index (κ3) is 5.28. The Labute approximate surface area is 146 Å². The quantitative estimate of drug-likeness (QED) is 0.778. The Hall–Kier alpha value is -0.950. The molecule has 0 aromatic heterocycles. The van der Waals surface area contributed by atoms with Crippen LogP contribution in [0.5, 0.6) is 0 Å². The van der Waals surface area contributed by atoms with Crippen LogP contribution in [0.25, 0.3) is 0 Å². The molecular formula is C18H30N2O3S. The summed E-state index contributed by atoms with van der Waals surface area (Å²) in [4.78, 5) is 2.66. The molecule has 24 heavy (non-hydrogen) atoms. The van der Waals surface area contributed by atoms with E-state index in [0.717, 1.165) is 39.1 Å². The van der Waals surface area contributed by atoms with Crippen molar-refractivity contribution in [3.05, 3.63) is 29.8 Å². The minimum Gasteiger partial charge on any atom is -0.379 e. The molecule has 5 nitrogen and oxygen atoms in total. The van der Waals surface area contributed by atoms with Crippen molar-refractivity contribution in [2.45, 2.75) is 44.6 Å². The highest BCUT2D eigenvalue weighted by Crippen LogP contribution is 2.15.